The van der Waals surface area contributed by atoms with Crippen molar-refractivity contribution in [1.29, 1.82) is 0 Å². The summed E-state index contributed by atoms with van der Waals surface area (Å²) in [5, 5.41) is 13.1. The second-order valence-electron chi connectivity index (χ2n) is 9.16. The first-order chi connectivity index (χ1) is 15.0. The summed E-state index contributed by atoms with van der Waals surface area (Å²) in [7, 11) is 0. The summed E-state index contributed by atoms with van der Waals surface area (Å²) in [6, 6.07) is 10.0. The Morgan fingerprint density at radius 1 is 1.10 bits per heavy atom. The van der Waals surface area contributed by atoms with Crippen LogP contribution in [0.5, 0.6) is 5.88 Å². The van der Waals surface area contributed by atoms with Crippen LogP contribution in [0, 0.1) is 29.5 Å². The predicted molar refractivity (Wildman–Crippen MR) is 117 cm³/mol. The first kappa shape index (κ1) is 19.9. The zero-order valence-electron chi connectivity index (χ0n) is 17.5. The molecule has 0 saturated heterocycles. The summed E-state index contributed by atoms with van der Waals surface area (Å²) in [5.41, 5.74) is 2.66. The minimum atomic E-state index is -0.219. The quantitative estimate of drug-likeness (QED) is 0.604. The van der Waals surface area contributed by atoms with E-state index in [4.69, 9.17) is 0 Å². The van der Waals surface area contributed by atoms with E-state index in [1.165, 1.54) is 23.9 Å². The number of benzene rings is 1. The highest BCUT2D eigenvalue weighted by Crippen LogP contribution is 2.54. The molecule has 1 amide bonds. The lowest BCUT2D eigenvalue weighted by molar-refractivity contribution is -0.120. The number of hydrogen-bond acceptors (Lipinski definition) is 4. The van der Waals surface area contributed by atoms with Gasteiger partial charge in [0.15, 0.2) is 0 Å². The molecule has 2 aromatic heterocycles. The van der Waals surface area contributed by atoms with Gasteiger partial charge in [-0.05, 0) is 85.3 Å². The highest BCUT2D eigenvalue weighted by Gasteiger charge is 2.44. The van der Waals surface area contributed by atoms with Gasteiger partial charge in [-0.2, -0.15) is 0 Å². The fourth-order valence-electron chi connectivity index (χ4n) is 5.75. The van der Waals surface area contributed by atoms with Crippen LogP contribution in [-0.2, 0) is 4.79 Å². The smallest absolute Gasteiger partial charge is 0.227 e. The molecule has 0 radical (unpaired) electrons. The van der Waals surface area contributed by atoms with E-state index in [2.05, 4.69) is 15.3 Å². The number of aromatic hydroxyl groups is 1. The first-order valence-corrected chi connectivity index (χ1v) is 11.0. The zero-order chi connectivity index (χ0) is 21.5. The molecule has 0 aliphatic heterocycles. The average Bonchev–Trinajstić information content (AvgIpc) is 3.33. The molecule has 0 bridgehead atoms. The Morgan fingerprint density at radius 2 is 1.87 bits per heavy atom. The van der Waals surface area contributed by atoms with Gasteiger partial charge in [0, 0.05) is 23.6 Å². The maximum atomic E-state index is 13.8. The van der Waals surface area contributed by atoms with Gasteiger partial charge in [0.25, 0.3) is 0 Å². The molecule has 3 atom stereocenters. The van der Waals surface area contributed by atoms with Gasteiger partial charge in [0.2, 0.25) is 11.8 Å². The monoisotopic (exact) mass is 419 g/mol. The normalized spacial score (nSPS) is 26.0. The molecule has 2 fully saturated rings. The van der Waals surface area contributed by atoms with Crippen LogP contribution in [-0.4, -0.2) is 21.0 Å². The standard InChI is InChI=1S/C25H26FN3O2/c1-14(25(31)29-20-3-5-24(30)28-13-20)15-8-16-10-18(11-17(16)9-15)21-6-7-27-23-4-2-19(26)12-22(21)23/h2-7,12-18H,8-11H2,1H3,(H,28,30)(H,29,31). The number of aromatic nitrogens is 2. The number of rotatable bonds is 4. The minimum absolute atomic E-state index is 0.00427. The molecule has 2 saturated carbocycles. The SMILES string of the molecule is CC(C(=O)Nc1ccc(O)nc1)C1CC2CC(c3ccnc4ccc(F)cc34)CC2C1. The number of nitrogens with zero attached hydrogens (tertiary/aromatic N) is 2. The third-order valence-corrected chi connectivity index (χ3v) is 7.37. The number of halogens is 1. The Kier molecular flexibility index (Phi) is 5.08. The van der Waals surface area contributed by atoms with E-state index in [1.807, 2.05) is 19.2 Å². The Morgan fingerprint density at radius 3 is 2.58 bits per heavy atom. The van der Waals surface area contributed by atoms with Crippen molar-refractivity contribution in [3.05, 3.63) is 60.2 Å². The third-order valence-electron chi connectivity index (χ3n) is 7.37. The van der Waals surface area contributed by atoms with Crippen LogP contribution in [0.4, 0.5) is 10.1 Å². The van der Waals surface area contributed by atoms with E-state index >= 15 is 0 Å². The van der Waals surface area contributed by atoms with Crippen LogP contribution in [0.1, 0.15) is 44.1 Å². The fourth-order valence-corrected chi connectivity index (χ4v) is 5.75. The summed E-state index contributed by atoms with van der Waals surface area (Å²) in [6.45, 7) is 2.01. The van der Waals surface area contributed by atoms with Crippen molar-refractivity contribution in [2.75, 3.05) is 5.32 Å². The third kappa shape index (κ3) is 3.87. The lowest BCUT2D eigenvalue weighted by atomic mass is 9.86. The van der Waals surface area contributed by atoms with E-state index in [-0.39, 0.29) is 23.5 Å². The summed E-state index contributed by atoms with van der Waals surface area (Å²) in [4.78, 5) is 20.9. The maximum Gasteiger partial charge on any atom is 0.227 e. The fraction of sp³-hybridized carbons (Fsp3) is 0.400. The topological polar surface area (TPSA) is 75.1 Å². The van der Waals surface area contributed by atoms with Gasteiger partial charge in [-0.3, -0.25) is 9.78 Å². The molecule has 2 heterocycles. The largest absolute Gasteiger partial charge is 0.493 e. The molecule has 160 valence electrons. The molecule has 6 heteroatoms. The van der Waals surface area contributed by atoms with Crippen LogP contribution < -0.4 is 5.32 Å². The van der Waals surface area contributed by atoms with Crippen molar-refractivity contribution in [2.45, 2.75) is 38.5 Å². The van der Waals surface area contributed by atoms with Gasteiger partial charge in [-0.15, -0.1) is 0 Å². The summed E-state index contributed by atoms with van der Waals surface area (Å²) in [5.74, 6) is 1.66. The number of fused-ring (bicyclic) bond motifs is 2. The molecule has 31 heavy (non-hydrogen) atoms. The minimum Gasteiger partial charge on any atom is -0.493 e. The van der Waals surface area contributed by atoms with Gasteiger partial charge in [0.05, 0.1) is 17.4 Å². The highest BCUT2D eigenvalue weighted by atomic mass is 19.1. The predicted octanol–water partition coefficient (Wildman–Crippen LogP) is 5.27. The number of hydrogen-bond donors (Lipinski definition) is 2. The summed E-state index contributed by atoms with van der Waals surface area (Å²) >= 11 is 0. The molecular formula is C25H26FN3O2. The molecule has 2 aliphatic carbocycles. The lowest BCUT2D eigenvalue weighted by Crippen LogP contribution is -2.26. The van der Waals surface area contributed by atoms with Gasteiger partial charge in [-0.1, -0.05) is 6.92 Å². The van der Waals surface area contributed by atoms with Crippen molar-refractivity contribution < 1.29 is 14.3 Å². The Bertz CT molecular complexity index is 1100. The van der Waals surface area contributed by atoms with Crippen LogP contribution in [0.3, 0.4) is 0 Å². The molecule has 3 aromatic rings. The Balaban J connectivity index is 1.24. The van der Waals surface area contributed by atoms with Crippen molar-refractivity contribution in [1.82, 2.24) is 9.97 Å². The van der Waals surface area contributed by atoms with Crippen molar-refractivity contribution in [3.63, 3.8) is 0 Å². The van der Waals surface area contributed by atoms with Gasteiger partial charge >= 0.3 is 0 Å². The molecule has 2 aliphatic rings. The van der Waals surface area contributed by atoms with E-state index < -0.39 is 0 Å². The first-order valence-electron chi connectivity index (χ1n) is 11.0. The van der Waals surface area contributed by atoms with Gasteiger partial charge < -0.3 is 10.4 Å². The van der Waals surface area contributed by atoms with E-state index in [1.54, 1.807) is 18.2 Å². The Hall–Kier alpha value is -3.02. The molecular weight excluding hydrogens is 393 g/mol. The highest BCUT2D eigenvalue weighted by molar-refractivity contribution is 5.92. The van der Waals surface area contributed by atoms with Crippen LogP contribution in [0.2, 0.25) is 0 Å². The molecule has 5 nitrogen and oxygen atoms in total. The van der Waals surface area contributed by atoms with E-state index in [0.717, 1.165) is 36.6 Å². The van der Waals surface area contributed by atoms with Gasteiger partial charge in [-0.25, -0.2) is 9.37 Å². The zero-order valence-corrected chi connectivity index (χ0v) is 17.5. The lowest BCUT2D eigenvalue weighted by Gasteiger charge is -2.21. The second-order valence-corrected chi connectivity index (χ2v) is 9.16. The summed E-state index contributed by atoms with van der Waals surface area (Å²) < 4.78 is 13.8. The number of pyridine rings is 2. The van der Waals surface area contributed by atoms with E-state index in [9.17, 15) is 14.3 Å². The van der Waals surface area contributed by atoms with Gasteiger partial charge in [0.1, 0.15) is 5.82 Å². The molecule has 3 unspecified atom stereocenters. The number of carbonyl (C=O) groups is 1. The Labute approximate surface area is 180 Å². The number of carbonyl (C=O) groups excluding carboxylic acids is 1. The van der Waals surface area contributed by atoms with Crippen molar-refractivity contribution >= 4 is 22.5 Å². The van der Waals surface area contributed by atoms with Crippen LogP contribution >= 0.6 is 0 Å². The maximum absolute atomic E-state index is 13.8. The molecule has 1 aromatic carbocycles. The van der Waals surface area contributed by atoms with Crippen LogP contribution in [0.25, 0.3) is 10.9 Å². The van der Waals surface area contributed by atoms with Crippen LogP contribution in [0.15, 0.2) is 48.8 Å². The molecule has 2 N–H and O–H groups in total. The number of amides is 1. The summed E-state index contributed by atoms with van der Waals surface area (Å²) in [6.07, 6.45) is 7.59. The average molecular weight is 420 g/mol. The second kappa shape index (κ2) is 7.91. The van der Waals surface area contributed by atoms with Crippen molar-refractivity contribution in [3.8, 4) is 5.88 Å². The molecule has 0 spiro atoms. The number of anilines is 1. The van der Waals surface area contributed by atoms with E-state index in [0.29, 0.717) is 29.4 Å². The molecule has 5 rings (SSSR count). The number of nitrogens with one attached hydrogen (secondary N) is 1. The van der Waals surface area contributed by atoms with Crippen molar-refractivity contribution in [2.24, 2.45) is 23.7 Å².